The lowest BCUT2D eigenvalue weighted by atomic mass is 10.4. The van der Waals surface area contributed by atoms with Crippen LogP contribution < -0.4 is 0 Å². The van der Waals surface area contributed by atoms with E-state index in [1.807, 2.05) is 0 Å². The Bertz CT molecular complexity index is 462. The largest absolute Gasteiger partial charge is 0.471 e. The molecule has 0 radical (unpaired) electrons. The zero-order chi connectivity index (χ0) is 12.4. The predicted molar refractivity (Wildman–Crippen MR) is 54.8 cm³/mol. The quantitative estimate of drug-likeness (QED) is 0.438. The fraction of sp³-hybridized carbons (Fsp3) is 0.111. The lowest BCUT2D eigenvalue weighted by Gasteiger charge is -1.92. The maximum Gasteiger partial charge on any atom is 0.292 e. The summed E-state index contributed by atoms with van der Waals surface area (Å²) in [6.45, 7) is 0.375. The summed E-state index contributed by atoms with van der Waals surface area (Å²) < 4.78 is 28.6. The summed E-state index contributed by atoms with van der Waals surface area (Å²) in [6, 6.07) is 7.48. The summed E-state index contributed by atoms with van der Waals surface area (Å²) >= 11 is 0. The van der Waals surface area contributed by atoms with Crippen LogP contribution in [0.15, 0.2) is 39.6 Å². The van der Waals surface area contributed by atoms with E-state index >= 15 is 0 Å². The fourth-order valence-electron chi connectivity index (χ4n) is 0.694. The molecule has 0 bridgehead atoms. The summed E-state index contributed by atoms with van der Waals surface area (Å²) in [6.07, 6.45) is 0.993. The SMILES string of the molecule is COC=O.O=C=NS(=O)(=O)c1ccccc1. The number of carbonyl (C=O) groups is 1. The molecule has 0 amide bonds. The number of rotatable bonds is 3. The first-order valence-electron chi connectivity index (χ1n) is 3.94. The molecule has 0 unspecified atom stereocenters. The van der Waals surface area contributed by atoms with Gasteiger partial charge in [0.25, 0.3) is 22.6 Å². The maximum atomic E-state index is 11.0. The molecular weight excluding hydrogens is 234 g/mol. The molecule has 16 heavy (non-hydrogen) atoms. The summed E-state index contributed by atoms with van der Waals surface area (Å²) in [5.74, 6) is 0. The Kier molecular flexibility index (Phi) is 6.42. The monoisotopic (exact) mass is 243 g/mol. The second-order valence-corrected chi connectivity index (χ2v) is 3.91. The van der Waals surface area contributed by atoms with Gasteiger partial charge >= 0.3 is 0 Å². The molecule has 0 aromatic heterocycles. The molecule has 0 aliphatic rings. The van der Waals surface area contributed by atoms with Crippen LogP contribution in [0.25, 0.3) is 0 Å². The number of sulfonamides is 1. The van der Waals surface area contributed by atoms with E-state index in [0.29, 0.717) is 6.47 Å². The molecule has 7 heteroatoms. The van der Waals surface area contributed by atoms with E-state index in [0.717, 1.165) is 6.08 Å². The second kappa shape index (κ2) is 7.33. The first-order valence-corrected chi connectivity index (χ1v) is 5.38. The van der Waals surface area contributed by atoms with Crippen LogP contribution in [-0.2, 0) is 24.3 Å². The highest BCUT2D eigenvalue weighted by molar-refractivity contribution is 7.90. The van der Waals surface area contributed by atoms with Gasteiger partial charge in [0, 0.05) is 0 Å². The van der Waals surface area contributed by atoms with Crippen LogP contribution in [0.5, 0.6) is 0 Å². The van der Waals surface area contributed by atoms with Gasteiger partial charge in [0.15, 0.2) is 0 Å². The molecule has 0 heterocycles. The van der Waals surface area contributed by atoms with Crippen molar-refractivity contribution in [2.75, 3.05) is 7.11 Å². The van der Waals surface area contributed by atoms with Crippen molar-refractivity contribution in [3.63, 3.8) is 0 Å². The molecule has 0 aliphatic carbocycles. The van der Waals surface area contributed by atoms with Crippen molar-refractivity contribution in [1.29, 1.82) is 0 Å². The van der Waals surface area contributed by atoms with Gasteiger partial charge in [-0.15, -0.1) is 0 Å². The van der Waals surface area contributed by atoms with Gasteiger partial charge in [-0.2, -0.15) is 8.42 Å². The Morgan fingerprint density at radius 2 is 1.81 bits per heavy atom. The van der Waals surface area contributed by atoms with Gasteiger partial charge in [0.05, 0.1) is 12.0 Å². The minimum absolute atomic E-state index is 0.00616. The fourth-order valence-corrected chi connectivity index (χ4v) is 1.40. The van der Waals surface area contributed by atoms with Crippen LogP contribution in [0.3, 0.4) is 0 Å². The molecule has 0 saturated heterocycles. The van der Waals surface area contributed by atoms with E-state index in [1.165, 1.54) is 19.2 Å². The molecule has 0 fully saturated rings. The van der Waals surface area contributed by atoms with Crippen LogP contribution in [0.4, 0.5) is 0 Å². The van der Waals surface area contributed by atoms with Crippen molar-refractivity contribution in [2.24, 2.45) is 4.40 Å². The number of ether oxygens (including phenoxy) is 1. The highest BCUT2D eigenvalue weighted by atomic mass is 32.2. The molecule has 0 atom stereocenters. The maximum absolute atomic E-state index is 11.0. The molecule has 0 N–H and O–H groups in total. The van der Waals surface area contributed by atoms with Gasteiger partial charge in [-0.25, -0.2) is 4.79 Å². The summed E-state index contributed by atoms with van der Waals surface area (Å²) in [5, 5.41) is 0. The number of nitrogens with zero attached hydrogens (tertiary/aromatic N) is 1. The van der Waals surface area contributed by atoms with Crippen LogP contribution >= 0.6 is 0 Å². The Labute approximate surface area is 92.6 Å². The average molecular weight is 243 g/mol. The molecule has 86 valence electrons. The molecule has 1 rings (SSSR count). The third-order valence-corrected chi connectivity index (χ3v) is 2.48. The minimum atomic E-state index is -3.81. The van der Waals surface area contributed by atoms with Crippen molar-refractivity contribution in [3.8, 4) is 0 Å². The Morgan fingerprint density at radius 3 is 2.19 bits per heavy atom. The molecule has 1 aromatic rings. The minimum Gasteiger partial charge on any atom is -0.471 e. The highest BCUT2D eigenvalue weighted by Gasteiger charge is 2.10. The van der Waals surface area contributed by atoms with E-state index in [9.17, 15) is 13.2 Å². The summed E-state index contributed by atoms with van der Waals surface area (Å²) in [5.41, 5.74) is 0. The number of hydrogen-bond acceptors (Lipinski definition) is 5. The third-order valence-electron chi connectivity index (χ3n) is 1.29. The van der Waals surface area contributed by atoms with Gasteiger partial charge in [0.1, 0.15) is 0 Å². The Balaban J connectivity index is 0.000000487. The van der Waals surface area contributed by atoms with Gasteiger partial charge in [-0.1, -0.05) is 22.6 Å². The average Bonchev–Trinajstić information content (AvgIpc) is 2.30. The van der Waals surface area contributed by atoms with Crippen LogP contribution in [0.1, 0.15) is 0 Å². The third kappa shape index (κ3) is 5.04. The number of benzene rings is 1. The van der Waals surface area contributed by atoms with Crippen molar-refractivity contribution in [3.05, 3.63) is 30.3 Å². The van der Waals surface area contributed by atoms with Gasteiger partial charge in [-0.05, 0) is 12.1 Å². The molecule has 1 aromatic carbocycles. The summed E-state index contributed by atoms with van der Waals surface area (Å²) in [7, 11) is -2.50. The van der Waals surface area contributed by atoms with Gasteiger partial charge in [0.2, 0.25) is 0 Å². The molecular formula is C9H9NO5S. The van der Waals surface area contributed by atoms with Crippen molar-refractivity contribution < 1.29 is 22.7 Å². The van der Waals surface area contributed by atoms with E-state index in [2.05, 4.69) is 9.13 Å². The molecule has 0 spiro atoms. The second-order valence-electron chi connectivity index (χ2n) is 2.30. The van der Waals surface area contributed by atoms with Gasteiger partial charge in [-0.3, -0.25) is 4.79 Å². The van der Waals surface area contributed by atoms with E-state index in [1.54, 1.807) is 18.2 Å². The van der Waals surface area contributed by atoms with Crippen LogP contribution in [0.2, 0.25) is 0 Å². The summed E-state index contributed by atoms with van der Waals surface area (Å²) in [4.78, 5) is 18.7. The number of carbonyl (C=O) groups excluding carboxylic acids is 2. The molecule has 0 aliphatic heterocycles. The van der Waals surface area contributed by atoms with Crippen LogP contribution in [-0.4, -0.2) is 28.1 Å². The van der Waals surface area contributed by atoms with E-state index < -0.39 is 10.0 Å². The Morgan fingerprint density at radius 1 is 1.31 bits per heavy atom. The number of isocyanates is 1. The number of methoxy groups -OCH3 is 1. The van der Waals surface area contributed by atoms with Crippen molar-refractivity contribution in [2.45, 2.75) is 4.90 Å². The number of hydrogen-bond donors (Lipinski definition) is 0. The molecule has 0 saturated carbocycles. The predicted octanol–water partition coefficient (Wildman–Crippen LogP) is 0.500. The van der Waals surface area contributed by atoms with Crippen LogP contribution in [0, 0.1) is 0 Å². The normalized spacial score (nSPS) is 9.06. The topological polar surface area (TPSA) is 89.9 Å². The lowest BCUT2D eigenvalue weighted by Crippen LogP contribution is -1.94. The molecule has 6 nitrogen and oxygen atoms in total. The van der Waals surface area contributed by atoms with E-state index in [4.69, 9.17) is 4.79 Å². The first kappa shape index (κ1) is 14.0. The zero-order valence-corrected chi connectivity index (χ0v) is 9.18. The van der Waals surface area contributed by atoms with Crippen molar-refractivity contribution in [1.82, 2.24) is 0 Å². The van der Waals surface area contributed by atoms with Crippen molar-refractivity contribution >= 4 is 22.6 Å². The highest BCUT2D eigenvalue weighted by Crippen LogP contribution is 2.09. The van der Waals surface area contributed by atoms with E-state index in [-0.39, 0.29) is 4.90 Å². The lowest BCUT2D eigenvalue weighted by molar-refractivity contribution is -0.126. The smallest absolute Gasteiger partial charge is 0.292 e. The zero-order valence-electron chi connectivity index (χ0n) is 8.36. The standard InChI is InChI=1S/C7H5NO3S.C2H4O2/c9-6-8-12(10,11)7-4-2-1-3-5-7;1-4-2-3/h1-5H;2H,1H3. The Hall–Kier alpha value is -1.98. The van der Waals surface area contributed by atoms with Gasteiger partial charge < -0.3 is 4.74 Å². The first-order chi connectivity index (χ1) is 7.58.